The quantitative estimate of drug-likeness (QED) is 0.0952. The maximum Gasteiger partial charge on any atom is 0.231 e. The maximum absolute atomic E-state index is 12.9. The molecule has 324 valence electrons. The summed E-state index contributed by atoms with van der Waals surface area (Å²) < 4.78 is 12.5. The summed E-state index contributed by atoms with van der Waals surface area (Å²) in [6.45, 7) is 12.5. The van der Waals surface area contributed by atoms with Crippen molar-refractivity contribution in [3.05, 3.63) is 60.7 Å². The van der Waals surface area contributed by atoms with Crippen molar-refractivity contribution >= 4 is 35.3 Å². The summed E-state index contributed by atoms with van der Waals surface area (Å²) in [5.41, 5.74) is 3.49. The Balaban J connectivity index is 0.936. The van der Waals surface area contributed by atoms with Crippen molar-refractivity contribution in [1.29, 1.82) is 0 Å². The second kappa shape index (κ2) is 19.3. The van der Waals surface area contributed by atoms with Crippen LogP contribution in [0.3, 0.4) is 0 Å². The van der Waals surface area contributed by atoms with E-state index in [1.54, 1.807) is 18.6 Å². The number of hydrogen-bond donors (Lipinski definition) is 6. The Morgan fingerprint density at radius 1 is 0.689 bits per heavy atom. The van der Waals surface area contributed by atoms with Gasteiger partial charge in [0.15, 0.2) is 0 Å². The molecule has 8 heterocycles. The summed E-state index contributed by atoms with van der Waals surface area (Å²) in [4.78, 5) is 53.6. The van der Waals surface area contributed by atoms with Crippen molar-refractivity contribution < 1.29 is 19.1 Å². The molecule has 6 N–H and O–H groups in total. The van der Waals surface area contributed by atoms with Gasteiger partial charge >= 0.3 is 0 Å². The Kier molecular flexibility index (Phi) is 13.4. The molecule has 4 aromatic heterocycles. The number of nitrogens with one attached hydrogen (secondary N) is 6. The number of piperidine rings is 1. The lowest BCUT2D eigenvalue weighted by molar-refractivity contribution is -0.120. The van der Waals surface area contributed by atoms with E-state index in [2.05, 4.69) is 78.7 Å². The van der Waals surface area contributed by atoms with Crippen molar-refractivity contribution in [2.45, 2.75) is 83.3 Å². The molecule has 4 aliphatic rings. The molecule has 0 spiro atoms. The van der Waals surface area contributed by atoms with Crippen molar-refractivity contribution in [3.63, 3.8) is 0 Å². The highest BCUT2D eigenvalue weighted by atomic mass is 16.5. The summed E-state index contributed by atoms with van der Waals surface area (Å²) >= 11 is 0. The van der Waals surface area contributed by atoms with Gasteiger partial charge in [-0.05, 0) is 127 Å². The average molecular weight is 833 g/mol. The van der Waals surface area contributed by atoms with E-state index in [1.807, 2.05) is 30.3 Å². The summed E-state index contributed by atoms with van der Waals surface area (Å²) in [6.07, 6.45) is 12.1. The van der Waals surface area contributed by atoms with Gasteiger partial charge in [-0.1, -0.05) is 0 Å². The van der Waals surface area contributed by atoms with Crippen LogP contribution in [0.4, 0.5) is 23.5 Å². The van der Waals surface area contributed by atoms with Gasteiger partial charge < -0.3 is 30.7 Å². The van der Waals surface area contributed by atoms with Crippen LogP contribution in [-0.2, 0) is 25.5 Å². The molecule has 16 heteroatoms. The minimum absolute atomic E-state index is 0.0564. The summed E-state index contributed by atoms with van der Waals surface area (Å²) in [5, 5.41) is 19.6. The molecule has 4 aliphatic heterocycles. The summed E-state index contributed by atoms with van der Waals surface area (Å²) in [6, 6.07) is 11.7. The fourth-order valence-corrected chi connectivity index (χ4v) is 9.10. The first-order valence-corrected chi connectivity index (χ1v) is 22.0. The van der Waals surface area contributed by atoms with E-state index >= 15 is 0 Å². The van der Waals surface area contributed by atoms with E-state index in [9.17, 15) is 9.59 Å². The zero-order chi connectivity index (χ0) is 42.2. The van der Waals surface area contributed by atoms with Crippen LogP contribution in [0.15, 0.2) is 55.0 Å². The van der Waals surface area contributed by atoms with E-state index in [-0.39, 0.29) is 29.3 Å². The lowest BCUT2D eigenvalue weighted by atomic mass is 9.83. The Morgan fingerprint density at radius 2 is 1.31 bits per heavy atom. The molecule has 2 amide bonds. The van der Waals surface area contributed by atoms with Crippen molar-refractivity contribution in [3.8, 4) is 22.5 Å². The van der Waals surface area contributed by atoms with Crippen LogP contribution in [-0.4, -0.2) is 105 Å². The van der Waals surface area contributed by atoms with Crippen LogP contribution in [0, 0.1) is 23.7 Å². The lowest BCUT2D eigenvalue weighted by Crippen LogP contribution is -2.41. The van der Waals surface area contributed by atoms with Crippen LogP contribution in [0.2, 0.25) is 0 Å². The molecule has 0 bridgehead atoms. The third-order valence-electron chi connectivity index (χ3n) is 12.3. The second-order valence-corrected chi connectivity index (χ2v) is 18.0. The number of pyridine rings is 2. The number of amides is 2. The summed E-state index contributed by atoms with van der Waals surface area (Å²) in [5.74, 6) is 2.62. The molecule has 0 aromatic carbocycles. The van der Waals surface area contributed by atoms with Gasteiger partial charge in [-0.3, -0.25) is 20.2 Å². The average Bonchev–Trinajstić information content (AvgIpc) is 3.81. The highest BCUT2D eigenvalue weighted by Crippen LogP contribution is 2.34. The molecule has 4 aromatic rings. The monoisotopic (exact) mass is 832 g/mol. The first-order chi connectivity index (χ1) is 29.5. The van der Waals surface area contributed by atoms with Gasteiger partial charge in [0.1, 0.15) is 11.6 Å². The molecule has 3 unspecified atom stereocenters. The van der Waals surface area contributed by atoms with E-state index in [0.29, 0.717) is 61.2 Å². The number of hydrogen-bond acceptors (Lipinski definition) is 14. The normalized spacial score (nSPS) is 25.0. The van der Waals surface area contributed by atoms with Gasteiger partial charge in [-0.15, -0.1) is 0 Å². The SMILES string of the molecule is CC1(C)CC(CNc2cc(-c3ccnc(NC(=O)[C@@H]4CCNC4)n3)cc(CC3(C)CC(CNc4cc(-c5ccnc(NC(=O)[C@@H]6CCCNC6)n5)ccn4)CCO3)n2)CCO1. The van der Waals surface area contributed by atoms with Gasteiger partial charge in [-0.25, -0.2) is 29.9 Å². The molecule has 16 nitrogen and oxygen atoms in total. The number of anilines is 4. The van der Waals surface area contributed by atoms with Crippen molar-refractivity contribution in [1.82, 2.24) is 40.5 Å². The highest BCUT2D eigenvalue weighted by molar-refractivity contribution is 5.92. The largest absolute Gasteiger partial charge is 0.376 e. The Bertz CT molecular complexity index is 2140. The minimum Gasteiger partial charge on any atom is -0.376 e. The highest BCUT2D eigenvalue weighted by Gasteiger charge is 2.35. The molecule has 4 fully saturated rings. The number of carbonyl (C=O) groups is 2. The van der Waals surface area contributed by atoms with Crippen LogP contribution >= 0.6 is 0 Å². The van der Waals surface area contributed by atoms with Crippen molar-refractivity contribution in [2.75, 3.05) is 73.7 Å². The molecule has 4 saturated heterocycles. The van der Waals surface area contributed by atoms with Gasteiger partial charge in [0.2, 0.25) is 23.7 Å². The zero-order valence-corrected chi connectivity index (χ0v) is 35.6. The molecule has 61 heavy (non-hydrogen) atoms. The molecular formula is C45H60N12O4. The van der Waals surface area contributed by atoms with Crippen LogP contribution in [0.1, 0.15) is 71.4 Å². The fraction of sp³-hybridized carbons (Fsp3) is 0.556. The molecule has 0 aliphatic carbocycles. The van der Waals surface area contributed by atoms with E-state index in [0.717, 1.165) is 106 Å². The molecular weight excluding hydrogens is 773 g/mol. The number of aromatic nitrogens is 6. The Hall–Kier alpha value is -5.16. The number of rotatable bonds is 14. The summed E-state index contributed by atoms with van der Waals surface area (Å²) in [7, 11) is 0. The van der Waals surface area contributed by atoms with E-state index in [1.165, 1.54) is 0 Å². The predicted octanol–water partition coefficient (Wildman–Crippen LogP) is 5.33. The minimum atomic E-state index is -0.455. The fourth-order valence-electron chi connectivity index (χ4n) is 9.10. The standard InChI is InChI=1S/C45H60N12O4/c1-44(2)22-29(10-17-60-44)25-52-39-21-34(37-9-16-50-43(55-37)57-41(59)33-6-13-47-28-33)19-35(53-39)24-45(3)23-30(11-18-61-45)26-51-38-20-31(7-14-48-38)36-8-15-49-42(54-36)56-40(58)32-5-4-12-46-27-32/h7-9,14-16,19-21,29-30,32-33,46-47H,4-6,10-13,17-18,22-28H2,1-3H3,(H,48,51)(H,52,53)(H,49,54,56,58)(H,50,55,57,59)/t29?,30?,32-,33-,45?/m1/s1. The predicted molar refractivity (Wildman–Crippen MR) is 235 cm³/mol. The third kappa shape index (κ3) is 11.6. The van der Waals surface area contributed by atoms with E-state index < -0.39 is 5.60 Å². The van der Waals surface area contributed by atoms with Crippen LogP contribution < -0.4 is 31.9 Å². The molecule has 5 atom stereocenters. The molecule has 0 saturated carbocycles. The zero-order valence-electron chi connectivity index (χ0n) is 35.6. The topological polar surface area (TPSA) is 202 Å². The number of carbonyl (C=O) groups excluding carboxylic acids is 2. The number of ether oxygens (including phenoxy) is 2. The third-order valence-corrected chi connectivity index (χ3v) is 12.3. The smallest absolute Gasteiger partial charge is 0.231 e. The van der Waals surface area contributed by atoms with Crippen molar-refractivity contribution in [2.24, 2.45) is 23.7 Å². The molecule has 0 radical (unpaired) electrons. The van der Waals surface area contributed by atoms with Crippen LogP contribution in [0.5, 0.6) is 0 Å². The van der Waals surface area contributed by atoms with E-state index in [4.69, 9.17) is 19.4 Å². The van der Waals surface area contributed by atoms with Gasteiger partial charge in [-0.2, -0.15) is 0 Å². The first kappa shape index (κ1) is 42.5. The maximum atomic E-state index is 12.9. The van der Waals surface area contributed by atoms with Gasteiger partial charge in [0, 0.05) is 81.2 Å². The van der Waals surface area contributed by atoms with Gasteiger partial charge in [0.05, 0.1) is 34.4 Å². The Morgan fingerprint density at radius 3 is 1.98 bits per heavy atom. The van der Waals surface area contributed by atoms with Crippen LogP contribution in [0.25, 0.3) is 22.5 Å². The second-order valence-electron chi connectivity index (χ2n) is 18.0. The first-order valence-electron chi connectivity index (χ1n) is 22.0. The van der Waals surface area contributed by atoms with Gasteiger partial charge in [0.25, 0.3) is 0 Å². The molecule has 8 rings (SSSR count). The Labute approximate surface area is 358 Å². The lowest BCUT2D eigenvalue weighted by Gasteiger charge is -2.38. The number of nitrogens with zero attached hydrogens (tertiary/aromatic N) is 6.